The number of amides is 3. The number of hydrogen-bond acceptors (Lipinski definition) is 8. The van der Waals surface area contributed by atoms with Crippen molar-refractivity contribution < 1.29 is 19.1 Å². The average Bonchev–Trinajstić information content (AvgIpc) is 3.48. The second-order valence-electron chi connectivity index (χ2n) is 10.3. The fourth-order valence-corrected chi connectivity index (χ4v) is 4.82. The van der Waals surface area contributed by atoms with Crippen molar-refractivity contribution in [2.75, 3.05) is 48.4 Å². The summed E-state index contributed by atoms with van der Waals surface area (Å²) in [6, 6.07) is 3.38. The van der Waals surface area contributed by atoms with Crippen LogP contribution in [0.15, 0.2) is 30.9 Å². The van der Waals surface area contributed by atoms with E-state index in [4.69, 9.17) is 9.47 Å². The summed E-state index contributed by atoms with van der Waals surface area (Å²) in [5, 5.41) is 7.06. The van der Waals surface area contributed by atoms with Crippen molar-refractivity contribution in [2.24, 2.45) is 0 Å². The molecular weight excluding hydrogens is 476 g/mol. The van der Waals surface area contributed by atoms with E-state index < -0.39 is 5.60 Å². The number of methoxy groups -OCH3 is 1. The average molecular weight is 509 g/mol. The maximum atomic E-state index is 13.3. The number of ether oxygens (including phenoxy) is 2. The number of anilines is 3. The molecular formula is C25H32N8O4. The van der Waals surface area contributed by atoms with Gasteiger partial charge in [-0.15, -0.1) is 0 Å². The number of piperazine rings is 1. The summed E-state index contributed by atoms with van der Waals surface area (Å²) < 4.78 is 12.6. The molecule has 5 heterocycles. The molecule has 3 aromatic heterocycles. The molecule has 2 aliphatic heterocycles. The molecule has 196 valence electrons. The van der Waals surface area contributed by atoms with E-state index in [9.17, 15) is 9.59 Å². The van der Waals surface area contributed by atoms with Crippen LogP contribution in [0.25, 0.3) is 5.65 Å². The molecule has 0 saturated carbocycles. The van der Waals surface area contributed by atoms with E-state index in [1.807, 2.05) is 33.8 Å². The number of hydrogen-bond donors (Lipinski definition) is 1. The van der Waals surface area contributed by atoms with Crippen molar-refractivity contribution in [3.05, 3.63) is 36.4 Å². The first kappa shape index (κ1) is 24.6. The first-order valence-corrected chi connectivity index (χ1v) is 12.3. The van der Waals surface area contributed by atoms with E-state index in [0.717, 1.165) is 11.3 Å². The van der Waals surface area contributed by atoms with E-state index >= 15 is 0 Å². The summed E-state index contributed by atoms with van der Waals surface area (Å²) in [5.74, 6) is 1.13. The van der Waals surface area contributed by atoms with Crippen LogP contribution in [-0.2, 0) is 11.2 Å². The second-order valence-corrected chi connectivity index (χ2v) is 10.3. The summed E-state index contributed by atoms with van der Waals surface area (Å²) in [6.45, 7) is 10.0. The number of fused-ring (bicyclic) bond motifs is 2. The molecule has 37 heavy (non-hydrogen) atoms. The van der Waals surface area contributed by atoms with Gasteiger partial charge < -0.3 is 24.6 Å². The lowest BCUT2D eigenvalue weighted by molar-refractivity contribution is 0.0159. The minimum absolute atomic E-state index is 0.0209. The Bertz CT molecular complexity index is 1330. The number of nitrogens with one attached hydrogen (secondary N) is 1. The van der Waals surface area contributed by atoms with Gasteiger partial charge in [0.15, 0.2) is 5.65 Å². The maximum Gasteiger partial charge on any atom is 0.410 e. The minimum atomic E-state index is -0.533. The molecule has 0 aromatic carbocycles. The molecule has 0 spiro atoms. The topological polar surface area (TPSA) is 117 Å². The summed E-state index contributed by atoms with van der Waals surface area (Å²) in [6.07, 6.45) is 5.24. The van der Waals surface area contributed by atoms with Crippen LogP contribution < -0.4 is 19.9 Å². The van der Waals surface area contributed by atoms with Crippen LogP contribution >= 0.6 is 0 Å². The number of carbonyl (C=O) groups is 2. The molecule has 1 N–H and O–H groups in total. The van der Waals surface area contributed by atoms with E-state index in [1.165, 1.54) is 6.33 Å². The third kappa shape index (κ3) is 4.83. The van der Waals surface area contributed by atoms with Crippen LogP contribution in [0.5, 0.6) is 5.75 Å². The summed E-state index contributed by atoms with van der Waals surface area (Å²) in [7, 11) is 1.54. The lowest BCUT2D eigenvalue weighted by Crippen LogP contribution is -2.55. The summed E-state index contributed by atoms with van der Waals surface area (Å²) in [4.78, 5) is 40.3. The number of nitrogens with zero attached hydrogens (tertiary/aromatic N) is 7. The van der Waals surface area contributed by atoms with Gasteiger partial charge in [0.2, 0.25) is 0 Å². The quantitative estimate of drug-likeness (QED) is 0.573. The van der Waals surface area contributed by atoms with Gasteiger partial charge in [-0.25, -0.2) is 24.1 Å². The lowest BCUT2D eigenvalue weighted by Gasteiger charge is -2.41. The van der Waals surface area contributed by atoms with Crippen LogP contribution in [0.4, 0.5) is 26.8 Å². The first-order valence-electron chi connectivity index (χ1n) is 12.3. The Morgan fingerprint density at radius 2 is 1.97 bits per heavy atom. The van der Waals surface area contributed by atoms with Crippen molar-refractivity contribution in [1.82, 2.24) is 24.5 Å². The number of urea groups is 1. The van der Waals surface area contributed by atoms with Crippen molar-refractivity contribution in [3.8, 4) is 5.75 Å². The zero-order chi connectivity index (χ0) is 26.3. The van der Waals surface area contributed by atoms with Gasteiger partial charge in [0.05, 0.1) is 13.3 Å². The molecule has 5 rings (SSSR count). The van der Waals surface area contributed by atoms with Crippen LogP contribution in [0.1, 0.15) is 33.3 Å². The molecule has 2 aliphatic rings. The van der Waals surface area contributed by atoms with Gasteiger partial charge in [0, 0.05) is 55.7 Å². The lowest BCUT2D eigenvalue weighted by atomic mass is 10.1. The standard InChI is InChI=1S/C25H32N8O4/c1-16-13-30(10-11-31(16)24(35)37-25(2,3)4)19-6-8-26-22-17(19)7-9-32(22)23(34)29-18-14-33-21(27-15-28-33)12-20(18)36-5/h6,8,12,14-16H,7,9-11,13H2,1-5H3,(H,29,34)/t16-/m1/s1. The monoisotopic (exact) mass is 508 g/mol. The zero-order valence-electron chi connectivity index (χ0n) is 21.8. The van der Waals surface area contributed by atoms with E-state index in [2.05, 4.69) is 25.3 Å². The molecule has 1 atom stereocenters. The molecule has 12 nitrogen and oxygen atoms in total. The fourth-order valence-electron chi connectivity index (χ4n) is 4.82. The molecule has 0 bridgehead atoms. The molecule has 12 heteroatoms. The largest absolute Gasteiger partial charge is 0.494 e. The molecule has 1 saturated heterocycles. The molecule has 0 aliphatic carbocycles. The van der Waals surface area contributed by atoms with Gasteiger partial charge in [-0.05, 0) is 40.2 Å². The van der Waals surface area contributed by atoms with Crippen molar-refractivity contribution in [1.29, 1.82) is 0 Å². The number of carbonyl (C=O) groups excluding carboxylic acids is 2. The molecule has 3 amide bonds. The highest BCUT2D eigenvalue weighted by molar-refractivity contribution is 6.03. The molecule has 3 aromatic rings. The Morgan fingerprint density at radius 3 is 2.70 bits per heavy atom. The highest BCUT2D eigenvalue weighted by Gasteiger charge is 2.34. The molecule has 0 unspecified atom stereocenters. The highest BCUT2D eigenvalue weighted by atomic mass is 16.6. The highest BCUT2D eigenvalue weighted by Crippen LogP contribution is 2.35. The van der Waals surface area contributed by atoms with E-state index in [0.29, 0.717) is 55.5 Å². The predicted molar refractivity (Wildman–Crippen MR) is 138 cm³/mol. The van der Waals surface area contributed by atoms with E-state index in [1.54, 1.807) is 39.9 Å². The number of pyridine rings is 2. The summed E-state index contributed by atoms with van der Waals surface area (Å²) in [5.41, 5.74) is 2.64. The Morgan fingerprint density at radius 1 is 1.16 bits per heavy atom. The molecule has 1 fully saturated rings. The third-order valence-electron chi connectivity index (χ3n) is 6.53. The Hall–Kier alpha value is -4.09. The van der Waals surface area contributed by atoms with Crippen molar-refractivity contribution >= 4 is 35.0 Å². The Balaban J connectivity index is 1.32. The first-order chi connectivity index (χ1) is 17.6. The van der Waals surface area contributed by atoms with Crippen LogP contribution in [-0.4, -0.2) is 81.5 Å². The van der Waals surface area contributed by atoms with Crippen LogP contribution in [0.2, 0.25) is 0 Å². The summed E-state index contributed by atoms with van der Waals surface area (Å²) >= 11 is 0. The maximum absolute atomic E-state index is 13.3. The van der Waals surface area contributed by atoms with Crippen molar-refractivity contribution in [3.63, 3.8) is 0 Å². The smallest absolute Gasteiger partial charge is 0.410 e. The predicted octanol–water partition coefficient (Wildman–Crippen LogP) is 3.17. The van der Waals surface area contributed by atoms with Gasteiger partial charge in [-0.1, -0.05) is 0 Å². The van der Waals surface area contributed by atoms with Gasteiger partial charge in [0.25, 0.3) is 0 Å². The van der Waals surface area contributed by atoms with Crippen LogP contribution in [0.3, 0.4) is 0 Å². The van der Waals surface area contributed by atoms with E-state index in [-0.39, 0.29) is 18.2 Å². The fraction of sp³-hybridized carbons (Fsp3) is 0.480. The Labute approximate surface area is 215 Å². The van der Waals surface area contributed by atoms with Gasteiger partial charge in [-0.2, -0.15) is 5.10 Å². The van der Waals surface area contributed by atoms with Gasteiger partial charge in [-0.3, -0.25) is 4.90 Å². The second kappa shape index (κ2) is 9.41. The normalized spacial score (nSPS) is 17.6. The minimum Gasteiger partial charge on any atom is -0.494 e. The molecule has 0 radical (unpaired) electrons. The number of aromatic nitrogens is 4. The number of rotatable bonds is 3. The third-order valence-corrected chi connectivity index (χ3v) is 6.53. The Kier molecular flexibility index (Phi) is 6.26. The van der Waals surface area contributed by atoms with Gasteiger partial charge in [0.1, 0.15) is 29.2 Å². The van der Waals surface area contributed by atoms with Crippen molar-refractivity contribution in [2.45, 2.75) is 45.8 Å². The SMILES string of the molecule is COc1cc2ncnn2cc1NC(=O)N1CCc2c(N3CCN(C(=O)OC(C)(C)C)[C@H](C)C3)ccnc21. The zero-order valence-corrected chi connectivity index (χ0v) is 21.8. The van der Waals surface area contributed by atoms with Crippen LogP contribution in [0, 0.1) is 0 Å². The van der Waals surface area contributed by atoms with Gasteiger partial charge >= 0.3 is 12.1 Å².